The van der Waals surface area contributed by atoms with Gasteiger partial charge in [-0.15, -0.1) is 6.58 Å². The topological polar surface area (TPSA) is 17.1 Å². The molecular weight excluding hydrogens is 198 g/mol. The van der Waals surface area contributed by atoms with Crippen LogP contribution in [-0.4, -0.2) is 5.78 Å². The second-order valence-corrected chi connectivity index (χ2v) is 3.21. The number of carbonyl (C=O) groups is 1. The third-order valence-electron chi connectivity index (χ3n) is 2.06. The van der Waals surface area contributed by atoms with Crippen LogP contribution >= 0.6 is 0 Å². The van der Waals surface area contributed by atoms with Crippen molar-refractivity contribution in [1.29, 1.82) is 0 Å². The van der Waals surface area contributed by atoms with Crippen molar-refractivity contribution in [2.24, 2.45) is 0 Å². The Kier molecular flexibility index (Phi) is 4.16. The molecule has 0 atom stereocenters. The molecule has 0 heterocycles. The summed E-state index contributed by atoms with van der Waals surface area (Å²) < 4.78 is 25.9. The number of allylic oxidation sites excluding steroid dienone is 1. The van der Waals surface area contributed by atoms with Crippen LogP contribution < -0.4 is 0 Å². The first kappa shape index (κ1) is 11.6. The third kappa shape index (κ3) is 2.98. The summed E-state index contributed by atoms with van der Waals surface area (Å²) in [5.74, 6) is -2.40. The Morgan fingerprint density at radius 2 is 2.13 bits per heavy atom. The van der Waals surface area contributed by atoms with Crippen molar-refractivity contribution in [3.63, 3.8) is 0 Å². The van der Waals surface area contributed by atoms with Crippen LogP contribution in [0, 0.1) is 11.6 Å². The predicted octanol–water partition coefficient (Wildman–Crippen LogP) is 3.50. The van der Waals surface area contributed by atoms with E-state index >= 15 is 0 Å². The second-order valence-electron chi connectivity index (χ2n) is 3.21. The fourth-order valence-corrected chi connectivity index (χ4v) is 1.26. The van der Waals surface area contributed by atoms with Gasteiger partial charge in [-0.3, -0.25) is 4.79 Å². The van der Waals surface area contributed by atoms with E-state index in [1.807, 2.05) is 0 Å². The van der Waals surface area contributed by atoms with E-state index in [4.69, 9.17) is 0 Å². The van der Waals surface area contributed by atoms with E-state index in [0.717, 1.165) is 6.07 Å². The van der Waals surface area contributed by atoms with Gasteiger partial charge in [0.2, 0.25) is 0 Å². The van der Waals surface area contributed by atoms with Crippen LogP contribution in [0.5, 0.6) is 0 Å². The van der Waals surface area contributed by atoms with Gasteiger partial charge in [0.25, 0.3) is 0 Å². The molecule has 0 aliphatic heterocycles. The van der Waals surface area contributed by atoms with E-state index in [0.29, 0.717) is 12.8 Å². The first-order valence-electron chi connectivity index (χ1n) is 4.75. The molecule has 0 aliphatic carbocycles. The molecule has 0 bridgehead atoms. The van der Waals surface area contributed by atoms with Gasteiger partial charge in [-0.2, -0.15) is 0 Å². The Morgan fingerprint density at radius 3 is 2.80 bits per heavy atom. The van der Waals surface area contributed by atoms with Crippen molar-refractivity contribution in [3.8, 4) is 0 Å². The molecule has 0 saturated carbocycles. The maximum absolute atomic E-state index is 13.1. The quantitative estimate of drug-likeness (QED) is 0.413. The summed E-state index contributed by atoms with van der Waals surface area (Å²) in [7, 11) is 0. The lowest BCUT2D eigenvalue weighted by Gasteiger charge is -2.02. The minimum atomic E-state index is -1.05. The van der Waals surface area contributed by atoms with Gasteiger partial charge >= 0.3 is 0 Å². The zero-order chi connectivity index (χ0) is 11.3. The van der Waals surface area contributed by atoms with Crippen molar-refractivity contribution < 1.29 is 13.6 Å². The molecule has 0 radical (unpaired) electrons. The highest BCUT2D eigenvalue weighted by molar-refractivity contribution is 5.96. The highest BCUT2D eigenvalue weighted by Crippen LogP contribution is 2.14. The number of hydrogen-bond donors (Lipinski definition) is 0. The first-order valence-corrected chi connectivity index (χ1v) is 4.75. The van der Waals surface area contributed by atoms with E-state index in [1.165, 1.54) is 12.1 Å². The van der Waals surface area contributed by atoms with E-state index in [1.54, 1.807) is 6.08 Å². The van der Waals surface area contributed by atoms with Crippen LogP contribution in [-0.2, 0) is 0 Å². The SMILES string of the molecule is C=CCCCC(=O)c1cccc(F)c1F. The normalized spacial score (nSPS) is 10.0. The predicted molar refractivity (Wildman–Crippen MR) is 54.7 cm³/mol. The summed E-state index contributed by atoms with van der Waals surface area (Å²) in [5.41, 5.74) is -0.168. The molecule has 0 unspecified atom stereocenters. The van der Waals surface area contributed by atoms with Gasteiger partial charge in [-0.05, 0) is 25.0 Å². The summed E-state index contributed by atoms with van der Waals surface area (Å²) >= 11 is 0. The smallest absolute Gasteiger partial charge is 0.169 e. The number of Topliss-reactive ketones (excluding diaryl/α,β-unsaturated/α-hetero) is 1. The molecule has 1 rings (SSSR count). The molecule has 0 aliphatic rings. The van der Waals surface area contributed by atoms with E-state index in [9.17, 15) is 13.6 Å². The summed E-state index contributed by atoms with van der Waals surface area (Å²) in [6.07, 6.45) is 3.21. The molecule has 0 amide bonds. The Hall–Kier alpha value is -1.51. The monoisotopic (exact) mass is 210 g/mol. The number of hydrogen-bond acceptors (Lipinski definition) is 1. The molecule has 80 valence electrons. The third-order valence-corrected chi connectivity index (χ3v) is 2.06. The van der Waals surface area contributed by atoms with Crippen LogP contribution in [0.1, 0.15) is 29.6 Å². The van der Waals surface area contributed by atoms with Crippen LogP contribution in [0.3, 0.4) is 0 Å². The summed E-state index contributed by atoms with van der Waals surface area (Å²) in [6.45, 7) is 3.52. The number of halogens is 2. The summed E-state index contributed by atoms with van der Waals surface area (Å²) in [5, 5.41) is 0. The Labute approximate surface area is 87.4 Å². The lowest BCUT2D eigenvalue weighted by atomic mass is 10.0. The summed E-state index contributed by atoms with van der Waals surface area (Å²) in [6, 6.07) is 3.63. The number of carbonyl (C=O) groups excluding carboxylic acids is 1. The molecule has 0 N–H and O–H groups in total. The number of ketones is 1. The van der Waals surface area contributed by atoms with Crippen LogP contribution in [0.2, 0.25) is 0 Å². The Balaban J connectivity index is 2.73. The lowest BCUT2D eigenvalue weighted by molar-refractivity contribution is 0.0975. The Bertz CT molecular complexity index is 372. The second kappa shape index (κ2) is 5.39. The average molecular weight is 210 g/mol. The van der Waals surface area contributed by atoms with Gasteiger partial charge in [0.05, 0.1) is 5.56 Å². The van der Waals surface area contributed by atoms with E-state index < -0.39 is 11.6 Å². The zero-order valence-corrected chi connectivity index (χ0v) is 8.30. The van der Waals surface area contributed by atoms with E-state index in [-0.39, 0.29) is 17.8 Å². The van der Waals surface area contributed by atoms with Crippen molar-refractivity contribution in [2.45, 2.75) is 19.3 Å². The number of rotatable bonds is 5. The molecular formula is C12H12F2O. The van der Waals surface area contributed by atoms with E-state index in [2.05, 4.69) is 6.58 Å². The fraction of sp³-hybridized carbons (Fsp3) is 0.250. The molecule has 1 aromatic rings. The standard InChI is InChI=1S/C12H12F2O/c1-2-3-4-8-11(15)9-6-5-7-10(13)12(9)14/h2,5-7H,1,3-4,8H2. The van der Waals surface area contributed by atoms with Gasteiger partial charge in [-0.1, -0.05) is 12.1 Å². The molecule has 1 aromatic carbocycles. The molecule has 0 spiro atoms. The minimum Gasteiger partial charge on any atom is -0.294 e. The number of benzene rings is 1. The summed E-state index contributed by atoms with van der Waals surface area (Å²) in [4.78, 5) is 11.5. The van der Waals surface area contributed by atoms with Crippen LogP contribution in [0.25, 0.3) is 0 Å². The maximum Gasteiger partial charge on any atom is 0.169 e. The van der Waals surface area contributed by atoms with Gasteiger partial charge in [0.15, 0.2) is 17.4 Å². The lowest BCUT2D eigenvalue weighted by Crippen LogP contribution is -2.03. The Morgan fingerprint density at radius 1 is 1.40 bits per heavy atom. The van der Waals surface area contributed by atoms with Gasteiger partial charge in [0, 0.05) is 6.42 Å². The zero-order valence-electron chi connectivity index (χ0n) is 8.30. The molecule has 1 nitrogen and oxygen atoms in total. The van der Waals surface area contributed by atoms with Crippen molar-refractivity contribution in [3.05, 3.63) is 48.1 Å². The molecule has 15 heavy (non-hydrogen) atoms. The fourth-order valence-electron chi connectivity index (χ4n) is 1.26. The number of unbranched alkanes of at least 4 members (excludes halogenated alkanes) is 1. The van der Waals surface area contributed by atoms with Crippen molar-refractivity contribution in [2.75, 3.05) is 0 Å². The highest BCUT2D eigenvalue weighted by Gasteiger charge is 2.13. The average Bonchev–Trinajstić information content (AvgIpc) is 2.22. The van der Waals surface area contributed by atoms with Crippen LogP contribution in [0.4, 0.5) is 8.78 Å². The van der Waals surface area contributed by atoms with Gasteiger partial charge < -0.3 is 0 Å². The molecule has 0 aromatic heterocycles. The van der Waals surface area contributed by atoms with Gasteiger partial charge in [-0.25, -0.2) is 8.78 Å². The van der Waals surface area contributed by atoms with Gasteiger partial charge in [0.1, 0.15) is 0 Å². The first-order chi connectivity index (χ1) is 7.16. The molecule has 3 heteroatoms. The van der Waals surface area contributed by atoms with Crippen LogP contribution in [0.15, 0.2) is 30.9 Å². The van der Waals surface area contributed by atoms with Crippen molar-refractivity contribution >= 4 is 5.78 Å². The molecule has 0 saturated heterocycles. The highest BCUT2D eigenvalue weighted by atomic mass is 19.2. The maximum atomic E-state index is 13.1. The molecule has 0 fully saturated rings. The van der Waals surface area contributed by atoms with Crippen molar-refractivity contribution in [1.82, 2.24) is 0 Å². The largest absolute Gasteiger partial charge is 0.294 e. The minimum absolute atomic E-state index is 0.168.